The number of likely N-dealkylation sites (N-methyl/N-ethyl adjacent to an activating group) is 1. The summed E-state index contributed by atoms with van der Waals surface area (Å²) in [7, 11) is 1.64. The number of para-hydroxylation sites is 1. The zero-order valence-electron chi connectivity index (χ0n) is 13.7. The monoisotopic (exact) mass is 356 g/mol. The Morgan fingerprint density at radius 1 is 1.16 bits per heavy atom. The number of halogens is 1. The highest BCUT2D eigenvalue weighted by Gasteiger charge is 2.16. The molecule has 0 atom stereocenters. The molecule has 1 N–H and O–H groups in total. The fourth-order valence-electron chi connectivity index (χ4n) is 2.46. The lowest BCUT2D eigenvalue weighted by molar-refractivity contribution is 0.0772. The summed E-state index contributed by atoms with van der Waals surface area (Å²) >= 11 is 5.82. The second-order valence-corrected chi connectivity index (χ2v) is 6.04. The van der Waals surface area contributed by atoms with Crippen molar-refractivity contribution in [1.82, 2.24) is 9.88 Å². The molecule has 3 aromatic rings. The Bertz CT molecular complexity index is 951. The number of nitrogens with one attached hydrogen (secondary N) is 1. The molecule has 128 valence electrons. The zero-order chi connectivity index (χ0) is 17.8. The van der Waals surface area contributed by atoms with Crippen molar-refractivity contribution in [1.29, 1.82) is 0 Å². The van der Waals surface area contributed by atoms with E-state index >= 15 is 0 Å². The van der Waals surface area contributed by atoms with Gasteiger partial charge in [-0.1, -0.05) is 23.7 Å². The number of carbonyl (C=O) groups excluding carboxylic acids is 1. The standard InChI is InChI=1S/C19H17ClN2O3/c1-22(10-11-25-14-8-6-13(20)7-9-14)19(24)16-12-21-17-5-3-2-4-15(17)18(16)23/h2-9,12H,10-11H2,1H3,(H,21,23). The van der Waals surface area contributed by atoms with E-state index in [1.807, 2.05) is 6.07 Å². The molecule has 0 aliphatic carbocycles. The van der Waals surface area contributed by atoms with Crippen molar-refractivity contribution in [2.75, 3.05) is 20.2 Å². The molecule has 0 saturated heterocycles. The molecule has 0 aliphatic heterocycles. The molecule has 0 bridgehead atoms. The molecule has 2 aromatic carbocycles. The molecule has 0 spiro atoms. The fraction of sp³-hybridized carbons (Fsp3) is 0.158. The van der Waals surface area contributed by atoms with Crippen molar-refractivity contribution >= 4 is 28.4 Å². The summed E-state index contributed by atoms with van der Waals surface area (Å²) < 4.78 is 5.58. The molecule has 3 rings (SSSR count). The summed E-state index contributed by atoms with van der Waals surface area (Å²) in [6.07, 6.45) is 1.46. The lowest BCUT2D eigenvalue weighted by Gasteiger charge is -2.17. The number of nitrogens with zero attached hydrogens (tertiary/aromatic N) is 1. The van der Waals surface area contributed by atoms with Crippen LogP contribution in [0, 0.1) is 0 Å². The smallest absolute Gasteiger partial charge is 0.259 e. The van der Waals surface area contributed by atoms with Gasteiger partial charge in [0.1, 0.15) is 17.9 Å². The van der Waals surface area contributed by atoms with E-state index in [4.69, 9.17) is 16.3 Å². The van der Waals surface area contributed by atoms with Gasteiger partial charge in [0.05, 0.1) is 6.54 Å². The molecular formula is C19H17ClN2O3. The first kappa shape index (κ1) is 17.0. The minimum absolute atomic E-state index is 0.118. The van der Waals surface area contributed by atoms with Crippen molar-refractivity contribution in [3.05, 3.63) is 75.5 Å². The molecule has 0 radical (unpaired) electrons. The first-order valence-electron chi connectivity index (χ1n) is 7.80. The molecule has 1 aromatic heterocycles. The van der Waals surface area contributed by atoms with Gasteiger partial charge in [0.2, 0.25) is 5.43 Å². The van der Waals surface area contributed by atoms with Crippen molar-refractivity contribution in [3.8, 4) is 5.75 Å². The van der Waals surface area contributed by atoms with Gasteiger partial charge in [0.15, 0.2) is 0 Å². The van der Waals surface area contributed by atoms with Crippen molar-refractivity contribution < 1.29 is 9.53 Å². The number of ether oxygens (including phenoxy) is 1. The maximum atomic E-state index is 12.5. The third-order valence-electron chi connectivity index (χ3n) is 3.87. The van der Waals surface area contributed by atoms with E-state index < -0.39 is 0 Å². The Balaban J connectivity index is 1.67. The van der Waals surface area contributed by atoms with E-state index in [9.17, 15) is 9.59 Å². The van der Waals surface area contributed by atoms with Gasteiger partial charge in [-0.05, 0) is 36.4 Å². The number of hydrogen-bond donors (Lipinski definition) is 1. The van der Waals surface area contributed by atoms with Crippen LogP contribution in [-0.4, -0.2) is 36.0 Å². The van der Waals surface area contributed by atoms with Crippen LogP contribution in [0.5, 0.6) is 5.75 Å². The van der Waals surface area contributed by atoms with Gasteiger partial charge in [-0.3, -0.25) is 9.59 Å². The summed E-state index contributed by atoms with van der Waals surface area (Å²) in [4.78, 5) is 29.5. The number of fused-ring (bicyclic) bond motifs is 1. The van der Waals surface area contributed by atoms with Gasteiger partial charge in [-0.15, -0.1) is 0 Å². The Kier molecular flexibility index (Phi) is 5.05. The number of pyridine rings is 1. The maximum Gasteiger partial charge on any atom is 0.259 e. The number of aromatic amines is 1. The molecule has 0 fully saturated rings. The van der Waals surface area contributed by atoms with E-state index in [1.54, 1.807) is 49.5 Å². The number of carbonyl (C=O) groups is 1. The zero-order valence-corrected chi connectivity index (χ0v) is 14.4. The van der Waals surface area contributed by atoms with Crippen LogP contribution in [0.3, 0.4) is 0 Å². The maximum absolute atomic E-state index is 12.5. The van der Waals surface area contributed by atoms with E-state index in [-0.39, 0.29) is 16.9 Å². The second-order valence-electron chi connectivity index (χ2n) is 5.61. The largest absolute Gasteiger partial charge is 0.492 e. The molecule has 6 heteroatoms. The topological polar surface area (TPSA) is 62.4 Å². The van der Waals surface area contributed by atoms with Gasteiger partial charge in [0.25, 0.3) is 5.91 Å². The van der Waals surface area contributed by atoms with Crippen molar-refractivity contribution in [2.45, 2.75) is 0 Å². The molecule has 0 unspecified atom stereocenters. The van der Waals surface area contributed by atoms with Gasteiger partial charge in [-0.2, -0.15) is 0 Å². The predicted octanol–water partition coefficient (Wildman–Crippen LogP) is 3.33. The van der Waals surface area contributed by atoms with Crippen LogP contribution in [0.2, 0.25) is 5.02 Å². The van der Waals surface area contributed by atoms with E-state index in [2.05, 4.69) is 4.98 Å². The van der Waals surface area contributed by atoms with Crippen LogP contribution >= 0.6 is 11.6 Å². The first-order chi connectivity index (χ1) is 12.1. The molecule has 25 heavy (non-hydrogen) atoms. The normalized spacial score (nSPS) is 10.6. The van der Waals surface area contributed by atoms with Crippen molar-refractivity contribution in [2.24, 2.45) is 0 Å². The number of hydrogen-bond acceptors (Lipinski definition) is 3. The molecule has 5 nitrogen and oxygen atoms in total. The van der Waals surface area contributed by atoms with Gasteiger partial charge in [-0.25, -0.2) is 0 Å². The van der Waals surface area contributed by atoms with Gasteiger partial charge < -0.3 is 14.6 Å². The Morgan fingerprint density at radius 3 is 2.64 bits per heavy atom. The first-order valence-corrected chi connectivity index (χ1v) is 8.18. The summed E-state index contributed by atoms with van der Waals surface area (Å²) in [6, 6.07) is 14.1. The number of H-pyrrole nitrogens is 1. The highest BCUT2D eigenvalue weighted by molar-refractivity contribution is 6.30. The third kappa shape index (κ3) is 3.83. The molecule has 1 amide bonds. The summed E-state index contributed by atoms with van der Waals surface area (Å²) in [5, 5.41) is 1.13. The van der Waals surface area contributed by atoms with Gasteiger partial charge in [0, 0.05) is 29.2 Å². The minimum atomic E-state index is -0.341. The summed E-state index contributed by atoms with van der Waals surface area (Å²) in [6.45, 7) is 0.670. The van der Waals surface area contributed by atoms with E-state index in [0.717, 1.165) is 0 Å². The average molecular weight is 357 g/mol. The van der Waals surface area contributed by atoms with Crippen LogP contribution in [-0.2, 0) is 0 Å². The average Bonchev–Trinajstić information content (AvgIpc) is 2.63. The predicted molar refractivity (Wildman–Crippen MR) is 98.5 cm³/mol. The summed E-state index contributed by atoms with van der Waals surface area (Å²) in [5.74, 6) is 0.334. The lowest BCUT2D eigenvalue weighted by atomic mass is 10.1. The van der Waals surface area contributed by atoms with E-state index in [1.165, 1.54) is 11.1 Å². The highest BCUT2D eigenvalue weighted by Crippen LogP contribution is 2.15. The molecule has 0 aliphatic rings. The van der Waals surface area contributed by atoms with Crippen LogP contribution in [0.1, 0.15) is 10.4 Å². The van der Waals surface area contributed by atoms with Crippen molar-refractivity contribution in [3.63, 3.8) is 0 Å². The van der Waals surface area contributed by atoms with Crippen LogP contribution in [0.25, 0.3) is 10.9 Å². The van der Waals surface area contributed by atoms with Gasteiger partial charge >= 0.3 is 0 Å². The quantitative estimate of drug-likeness (QED) is 0.762. The fourth-order valence-corrected chi connectivity index (χ4v) is 2.59. The SMILES string of the molecule is CN(CCOc1ccc(Cl)cc1)C(=O)c1c[nH]c2ccccc2c1=O. The molecule has 1 heterocycles. The highest BCUT2D eigenvalue weighted by atomic mass is 35.5. The van der Waals surface area contributed by atoms with E-state index in [0.29, 0.717) is 34.8 Å². The number of rotatable bonds is 5. The summed E-state index contributed by atoms with van der Waals surface area (Å²) in [5.41, 5.74) is 0.551. The molecule has 0 saturated carbocycles. The minimum Gasteiger partial charge on any atom is -0.492 e. The van der Waals surface area contributed by atoms with Crippen LogP contribution in [0.15, 0.2) is 59.5 Å². The Morgan fingerprint density at radius 2 is 1.88 bits per heavy atom. The Labute approximate surface area is 149 Å². The van der Waals surface area contributed by atoms with Crippen LogP contribution in [0.4, 0.5) is 0 Å². The van der Waals surface area contributed by atoms with Crippen LogP contribution < -0.4 is 10.2 Å². The number of benzene rings is 2. The Hall–Kier alpha value is -2.79. The molecular weight excluding hydrogens is 340 g/mol. The second kappa shape index (κ2) is 7.40. The number of aromatic nitrogens is 1. The lowest BCUT2D eigenvalue weighted by Crippen LogP contribution is -2.34. The number of amides is 1. The third-order valence-corrected chi connectivity index (χ3v) is 4.13.